The Kier molecular flexibility index (Phi) is 6.80. The van der Waals surface area contributed by atoms with Gasteiger partial charge in [-0.05, 0) is 39.8 Å². The van der Waals surface area contributed by atoms with E-state index in [2.05, 4.69) is 15.2 Å². The molecule has 0 spiro atoms. The zero-order valence-corrected chi connectivity index (χ0v) is 23.7. The van der Waals surface area contributed by atoms with Crippen molar-refractivity contribution < 1.29 is 23.5 Å². The number of hydrogen-bond donors (Lipinski definition) is 1. The molecule has 2 amide bonds. The SMILES string of the molecule is Cc1cn2cc(NC(=O)c3ccc(N4CCN(C(=O)OC(C)(C)C)CC4)c4cn(CC5COC5)nc34)cc(F)c2n1. The van der Waals surface area contributed by atoms with Crippen LogP contribution in [-0.2, 0) is 16.0 Å². The fourth-order valence-electron chi connectivity index (χ4n) is 5.25. The topological polar surface area (TPSA) is 106 Å². The summed E-state index contributed by atoms with van der Waals surface area (Å²) in [6.07, 6.45) is 5.00. The van der Waals surface area contributed by atoms with Crippen LogP contribution in [0.15, 0.2) is 36.8 Å². The molecule has 1 N–H and O–H groups in total. The maximum atomic E-state index is 14.6. The van der Waals surface area contributed by atoms with E-state index in [9.17, 15) is 14.0 Å². The first kappa shape index (κ1) is 27.0. The standard InChI is InChI=1S/C29H34FN7O4/c1-18-12-36-14-20(11-23(30)26(36)31-18)32-27(38)21-5-6-24(22-15-37(33-25(21)22)13-19-16-40-17-19)34-7-9-35(10-8-34)28(39)41-29(2,3)4/h5-6,11-12,14-15,19H,7-10,13,16-17H2,1-4H3,(H,32,38). The highest BCUT2D eigenvalue weighted by molar-refractivity contribution is 6.14. The van der Waals surface area contributed by atoms with Crippen molar-refractivity contribution in [2.75, 3.05) is 49.6 Å². The molecule has 1 aromatic carbocycles. The summed E-state index contributed by atoms with van der Waals surface area (Å²) in [6.45, 7) is 11.7. The van der Waals surface area contributed by atoms with Crippen molar-refractivity contribution in [3.05, 3.63) is 53.9 Å². The molecule has 41 heavy (non-hydrogen) atoms. The van der Waals surface area contributed by atoms with E-state index >= 15 is 0 Å². The van der Waals surface area contributed by atoms with E-state index in [0.29, 0.717) is 74.3 Å². The lowest BCUT2D eigenvalue weighted by molar-refractivity contribution is -0.0407. The van der Waals surface area contributed by atoms with Crippen LogP contribution in [0.5, 0.6) is 0 Å². The number of pyridine rings is 1. The first-order valence-electron chi connectivity index (χ1n) is 13.8. The Bertz CT molecular complexity index is 1630. The van der Waals surface area contributed by atoms with Crippen LogP contribution < -0.4 is 10.2 Å². The van der Waals surface area contributed by atoms with Crippen molar-refractivity contribution in [1.29, 1.82) is 0 Å². The van der Waals surface area contributed by atoms with Crippen LogP contribution in [0.3, 0.4) is 0 Å². The fraction of sp³-hybridized carbons (Fsp3) is 0.448. The lowest BCUT2D eigenvalue weighted by Crippen LogP contribution is -2.50. The van der Waals surface area contributed by atoms with E-state index in [1.54, 1.807) is 34.7 Å². The number of fused-ring (bicyclic) bond motifs is 2. The number of carbonyl (C=O) groups is 2. The number of halogens is 1. The van der Waals surface area contributed by atoms with E-state index in [1.807, 2.05) is 37.7 Å². The zero-order chi connectivity index (χ0) is 28.9. The number of imidazole rings is 1. The van der Waals surface area contributed by atoms with Crippen LogP contribution in [0.4, 0.5) is 20.6 Å². The average molecular weight is 564 g/mol. The summed E-state index contributed by atoms with van der Waals surface area (Å²) in [5.41, 5.74) is 2.55. The van der Waals surface area contributed by atoms with Gasteiger partial charge in [0.15, 0.2) is 11.5 Å². The summed E-state index contributed by atoms with van der Waals surface area (Å²) in [4.78, 5) is 34.2. The number of nitrogens with zero attached hydrogens (tertiary/aromatic N) is 6. The Morgan fingerprint density at radius 1 is 1.12 bits per heavy atom. The minimum absolute atomic E-state index is 0.206. The second-order valence-electron chi connectivity index (χ2n) is 11.7. The van der Waals surface area contributed by atoms with Crippen LogP contribution in [0.1, 0.15) is 36.8 Å². The zero-order valence-electron chi connectivity index (χ0n) is 23.7. The van der Waals surface area contributed by atoms with Crippen LogP contribution >= 0.6 is 0 Å². The first-order valence-corrected chi connectivity index (χ1v) is 13.8. The largest absolute Gasteiger partial charge is 0.444 e. The molecule has 216 valence electrons. The van der Waals surface area contributed by atoms with E-state index < -0.39 is 11.4 Å². The maximum absolute atomic E-state index is 14.6. The van der Waals surface area contributed by atoms with Crippen LogP contribution in [0.25, 0.3) is 16.6 Å². The maximum Gasteiger partial charge on any atom is 0.410 e. The lowest BCUT2D eigenvalue weighted by Gasteiger charge is -2.37. The van der Waals surface area contributed by atoms with Gasteiger partial charge in [-0.3, -0.25) is 9.48 Å². The minimum atomic E-state index is -0.550. The second kappa shape index (κ2) is 10.3. The first-order chi connectivity index (χ1) is 19.5. The third kappa shape index (κ3) is 5.56. The highest BCUT2D eigenvalue weighted by atomic mass is 19.1. The van der Waals surface area contributed by atoms with Crippen molar-refractivity contribution in [2.45, 2.75) is 39.8 Å². The number of benzene rings is 1. The average Bonchev–Trinajstić information content (AvgIpc) is 3.48. The molecule has 2 saturated heterocycles. The summed E-state index contributed by atoms with van der Waals surface area (Å²) in [5, 5.41) is 8.48. The molecule has 2 fully saturated rings. The minimum Gasteiger partial charge on any atom is -0.444 e. The number of nitrogens with one attached hydrogen (secondary N) is 1. The Balaban J connectivity index is 1.27. The molecule has 0 saturated carbocycles. The quantitative estimate of drug-likeness (QED) is 0.390. The molecule has 5 heterocycles. The lowest BCUT2D eigenvalue weighted by atomic mass is 10.1. The van der Waals surface area contributed by atoms with Gasteiger partial charge < -0.3 is 29.0 Å². The van der Waals surface area contributed by atoms with Gasteiger partial charge in [0.1, 0.15) is 11.1 Å². The van der Waals surface area contributed by atoms with E-state index in [4.69, 9.17) is 14.6 Å². The molecular weight excluding hydrogens is 529 g/mol. The number of carbonyl (C=O) groups excluding carboxylic acids is 2. The molecule has 0 radical (unpaired) electrons. The number of aryl methyl sites for hydroxylation is 1. The number of rotatable bonds is 5. The molecule has 0 aliphatic carbocycles. The fourth-order valence-corrected chi connectivity index (χ4v) is 5.25. The molecule has 0 unspecified atom stereocenters. The highest BCUT2D eigenvalue weighted by Crippen LogP contribution is 2.31. The number of ether oxygens (including phenoxy) is 2. The molecule has 11 nitrogen and oxygen atoms in total. The van der Waals surface area contributed by atoms with E-state index in [-0.39, 0.29) is 17.6 Å². The van der Waals surface area contributed by atoms with Gasteiger partial charge in [0.25, 0.3) is 5.91 Å². The van der Waals surface area contributed by atoms with Crippen molar-refractivity contribution >= 4 is 39.9 Å². The Hall–Kier alpha value is -4.19. The van der Waals surface area contributed by atoms with Gasteiger partial charge in [-0.25, -0.2) is 14.2 Å². The smallest absolute Gasteiger partial charge is 0.410 e. The van der Waals surface area contributed by atoms with Gasteiger partial charge in [-0.1, -0.05) is 0 Å². The van der Waals surface area contributed by atoms with Gasteiger partial charge in [0.2, 0.25) is 0 Å². The van der Waals surface area contributed by atoms with Gasteiger partial charge in [0.05, 0.1) is 30.2 Å². The third-order valence-electron chi connectivity index (χ3n) is 7.25. The molecule has 12 heteroatoms. The van der Waals surface area contributed by atoms with Crippen molar-refractivity contribution in [3.8, 4) is 0 Å². The third-order valence-corrected chi connectivity index (χ3v) is 7.25. The van der Waals surface area contributed by atoms with Crippen LogP contribution in [0.2, 0.25) is 0 Å². The normalized spacial score (nSPS) is 16.3. The molecule has 6 rings (SSSR count). The number of amides is 2. The number of piperazine rings is 1. The predicted octanol–water partition coefficient (Wildman–Crippen LogP) is 4.09. The van der Waals surface area contributed by atoms with Crippen molar-refractivity contribution in [1.82, 2.24) is 24.1 Å². The number of hydrogen-bond acceptors (Lipinski definition) is 7. The number of anilines is 2. The van der Waals surface area contributed by atoms with Gasteiger partial charge in [0, 0.05) is 74.4 Å². The number of aromatic nitrogens is 4. The van der Waals surface area contributed by atoms with Crippen LogP contribution in [0, 0.1) is 18.7 Å². The summed E-state index contributed by atoms with van der Waals surface area (Å²) in [6, 6.07) is 4.94. The van der Waals surface area contributed by atoms with Crippen LogP contribution in [-0.4, -0.2) is 81.1 Å². The summed E-state index contributed by atoms with van der Waals surface area (Å²) < 4.78 is 29.0. The Morgan fingerprint density at radius 3 is 2.56 bits per heavy atom. The monoisotopic (exact) mass is 563 g/mol. The van der Waals surface area contributed by atoms with Gasteiger partial charge >= 0.3 is 6.09 Å². The predicted molar refractivity (Wildman–Crippen MR) is 152 cm³/mol. The van der Waals surface area contributed by atoms with Gasteiger partial charge in [-0.15, -0.1) is 0 Å². The van der Waals surface area contributed by atoms with Crippen molar-refractivity contribution in [2.24, 2.45) is 5.92 Å². The second-order valence-corrected chi connectivity index (χ2v) is 11.7. The molecular formula is C29H34FN7O4. The van der Waals surface area contributed by atoms with Gasteiger partial charge in [-0.2, -0.15) is 5.10 Å². The molecule has 0 bridgehead atoms. The Morgan fingerprint density at radius 2 is 1.88 bits per heavy atom. The van der Waals surface area contributed by atoms with Crippen molar-refractivity contribution in [3.63, 3.8) is 0 Å². The highest BCUT2D eigenvalue weighted by Gasteiger charge is 2.28. The summed E-state index contributed by atoms with van der Waals surface area (Å²) >= 11 is 0. The molecule has 2 aliphatic rings. The van der Waals surface area contributed by atoms with E-state index in [1.165, 1.54) is 6.07 Å². The molecule has 2 aliphatic heterocycles. The Labute approximate surface area is 236 Å². The molecule has 0 atom stereocenters. The summed E-state index contributed by atoms with van der Waals surface area (Å²) in [5.74, 6) is -0.534. The van der Waals surface area contributed by atoms with E-state index in [0.717, 1.165) is 11.1 Å². The molecule has 3 aromatic heterocycles. The summed E-state index contributed by atoms with van der Waals surface area (Å²) in [7, 11) is 0. The molecule has 4 aromatic rings.